The number of nitro benzene ring substituents is 1. The van der Waals surface area contributed by atoms with Crippen molar-refractivity contribution < 1.29 is 19.9 Å². The molecule has 1 aromatic rings. The maximum atomic E-state index is 10.8. The fraction of sp³-hybridized carbons (Fsp3) is 0.300. The first-order chi connectivity index (χ1) is 8.43. The largest absolute Gasteiger partial charge is 0.480 e. The number of benzene rings is 1. The summed E-state index contributed by atoms with van der Waals surface area (Å²) in [4.78, 5) is 21.3. The highest BCUT2D eigenvalue weighted by Gasteiger charge is 2.24. The van der Waals surface area contributed by atoms with E-state index < -0.39 is 23.0 Å². The van der Waals surface area contributed by atoms with Crippen LogP contribution < -0.4 is 4.72 Å². The van der Waals surface area contributed by atoms with E-state index in [1.165, 1.54) is 25.1 Å². The number of aliphatic carboxylic acids is 1. The summed E-state index contributed by atoms with van der Waals surface area (Å²) in [5.41, 5.74) is -0.121. The number of hydrogen-bond acceptors (Lipinski definition) is 6. The van der Waals surface area contributed by atoms with Gasteiger partial charge >= 0.3 is 5.97 Å². The summed E-state index contributed by atoms with van der Waals surface area (Å²) in [7, 11) is 0. The Morgan fingerprint density at radius 3 is 2.61 bits per heavy atom. The van der Waals surface area contributed by atoms with Gasteiger partial charge in [-0.2, -0.15) is 0 Å². The van der Waals surface area contributed by atoms with Gasteiger partial charge in [-0.25, -0.2) is 4.72 Å². The van der Waals surface area contributed by atoms with Crippen molar-refractivity contribution >= 4 is 23.6 Å². The number of nitro groups is 1. The third-order valence-corrected chi connectivity index (χ3v) is 3.04. The minimum absolute atomic E-state index is 0.121. The topological polar surface area (TPSA) is 113 Å². The lowest BCUT2D eigenvalue weighted by molar-refractivity contribution is -0.387. The number of nitrogens with one attached hydrogen (secondary N) is 1. The number of carbonyl (C=O) groups is 1. The minimum atomic E-state index is -1.23. The molecule has 0 amide bonds. The Balaban J connectivity index is 2.79. The maximum absolute atomic E-state index is 10.8. The van der Waals surface area contributed by atoms with Crippen LogP contribution >= 0.6 is 11.9 Å². The minimum Gasteiger partial charge on any atom is -0.480 e. The quantitative estimate of drug-likeness (QED) is 0.402. The Hall–Kier alpha value is -1.64. The zero-order valence-corrected chi connectivity index (χ0v) is 10.3. The van der Waals surface area contributed by atoms with Gasteiger partial charge in [-0.1, -0.05) is 12.1 Å². The summed E-state index contributed by atoms with van der Waals surface area (Å²) in [5.74, 6) is -1.23. The van der Waals surface area contributed by atoms with Crippen molar-refractivity contribution in [3.8, 4) is 0 Å². The molecule has 0 bridgehead atoms. The van der Waals surface area contributed by atoms with Crippen LogP contribution in [0.2, 0.25) is 0 Å². The molecule has 18 heavy (non-hydrogen) atoms. The fourth-order valence-electron chi connectivity index (χ4n) is 1.18. The van der Waals surface area contributed by atoms with Gasteiger partial charge in [0.15, 0.2) is 0 Å². The summed E-state index contributed by atoms with van der Waals surface area (Å²) in [6, 6.07) is 4.74. The molecule has 8 heteroatoms. The fourth-order valence-corrected chi connectivity index (χ4v) is 2.12. The molecule has 0 saturated carbocycles. The molecule has 0 fully saturated rings. The molecule has 0 heterocycles. The van der Waals surface area contributed by atoms with E-state index in [0.717, 1.165) is 11.9 Å². The number of aliphatic hydroxyl groups is 1. The molecule has 0 radical (unpaired) electrons. The number of hydrogen-bond donors (Lipinski definition) is 3. The van der Waals surface area contributed by atoms with Crippen LogP contribution in [-0.2, 0) is 4.79 Å². The second-order valence-corrected chi connectivity index (χ2v) is 4.38. The molecule has 3 N–H and O–H groups in total. The Labute approximate surface area is 107 Å². The SMILES string of the molecule is CC(O)C(NSc1ccccc1[N+](=O)[O-])C(=O)O. The predicted octanol–water partition coefficient (Wildman–Crippen LogP) is 1.03. The van der Waals surface area contributed by atoms with Crippen LogP contribution in [-0.4, -0.2) is 33.3 Å². The molecule has 2 unspecified atom stereocenters. The van der Waals surface area contributed by atoms with Crippen molar-refractivity contribution in [3.63, 3.8) is 0 Å². The van der Waals surface area contributed by atoms with Gasteiger partial charge in [0, 0.05) is 6.07 Å². The summed E-state index contributed by atoms with van der Waals surface area (Å²) < 4.78 is 2.49. The molecule has 0 aliphatic heterocycles. The van der Waals surface area contributed by atoms with Gasteiger partial charge < -0.3 is 10.2 Å². The van der Waals surface area contributed by atoms with Crippen molar-refractivity contribution in [2.45, 2.75) is 24.0 Å². The van der Waals surface area contributed by atoms with Crippen LogP contribution in [0.1, 0.15) is 6.92 Å². The second-order valence-electron chi connectivity index (χ2n) is 3.50. The summed E-state index contributed by atoms with van der Waals surface area (Å²) in [5, 5.41) is 28.8. The molecular formula is C10H12N2O5S. The van der Waals surface area contributed by atoms with Crippen LogP contribution in [0.4, 0.5) is 5.69 Å². The highest BCUT2D eigenvalue weighted by atomic mass is 32.2. The lowest BCUT2D eigenvalue weighted by Crippen LogP contribution is -2.41. The molecular weight excluding hydrogens is 260 g/mol. The van der Waals surface area contributed by atoms with Crippen molar-refractivity contribution in [2.75, 3.05) is 0 Å². The number of para-hydroxylation sites is 1. The average Bonchev–Trinajstić information content (AvgIpc) is 2.28. The van der Waals surface area contributed by atoms with Crippen LogP contribution in [0.25, 0.3) is 0 Å². The monoisotopic (exact) mass is 272 g/mol. The highest BCUT2D eigenvalue weighted by molar-refractivity contribution is 7.97. The van der Waals surface area contributed by atoms with E-state index in [-0.39, 0.29) is 10.6 Å². The number of carboxylic acid groups (broad SMARTS) is 1. The predicted molar refractivity (Wildman–Crippen MR) is 65.2 cm³/mol. The van der Waals surface area contributed by atoms with E-state index in [1.807, 2.05) is 0 Å². The molecule has 1 aromatic carbocycles. The zero-order chi connectivity index (χ0) is 13.7. The summed E-state index contributed by atoms with van der Waals surface area (Å²) in [6.45, 7) is 1.33. The molecule has 0 aromatic heterocycles. The molecule has 7 nitrogen and oxygen atoms in total. The standard InChI is InChI=1S/C10H12N2O5S/c1-6(13)9(10(14)15)11-18-8-5-3-2-4-7(8)12(16)17/h2-6,9,11,13H,1H3,(H,14,15). The summed E-state index contributed by atoms with van der Waals surface area (Å²) >= 11 is 0.808. The Morgan fingerprint density at radius 1 is 1.50 bits per heavy atom. The smallest absolute Gasteiger partial charge is 0.324 e. The van der Waals surface area contributed by atoms with Crippen molar-refractivity contribution in [2.24, 2.45) is 0 Å². The number of carboxylic acids is 1. The highest BCUT2D eigenvalue weighted by Crippen LogP contribution is 2.27. The normalized spacial score (nSPS) is 13.9. The van der Waals surface area contributed by atoms with Crippen molar-refractivity contribution in [3.05, 3.63) is 34.4 Å². The van der Waals surface area contributed by atoms with Crippen LogP contribution in [0, 0.1) is 10.1 Å². The Bertz CT molecular complexity index is 452. The number of rotatable bonds is 6. The molecule has 0 aliphatic carbocycles. The van der Waals surface area contributed by atoms with E-state index in [4.69, 9.17) is 5.11 Å². The van der Waals surface area contributed by atoms with E-state index in [9.17, 15) is 20.0 Å². The van der Waals surface area contributed by atoms with Crippen molar-refractivity contribution in [1.29, 1.82) is 0 Å². The van der Waals surface area contributed by atoms with Crippen LogP contribution in [0.5, 0.6) is 0 Å². The van der Waals surface area contributed by atoms with Crippen molar-refractivity contribution in [1.82, 2.24) is 4.72 Å². The molecule has 0 aliphatic rings. The van der Waals surface area contributed by atoms with Gasteiger partial charge in [-0.05, 0) is 24.9 Å². The van der Waals surface area contributed by atoms with E-state index in [0.29, 0.717) is 0 Å². The van der Waals surface area contributed by atoms with Gasteiger partial charge in [-0.15, -0.1) is 0 Å². The number of aliphatic hydroxyl groups excluding tert-OH is 1. The van der Waals surface area contributed by atoms with E-state index >= 15 is 0 Å². The lowest BCUT2D eigenvalue weighted by atomic mass is 10.2. The molecule has 1 rings (SSSR count). The zero-order valence-electron chi connectivity index (χ0n) is 9.44. The van der Waals surface area contributed by atoms with Gasteiger partial charge in [0.25, 0.3) is 5.69 Å². The first-order valence-corrected chi connectivity index (χ1v) is 5.81. The van der Waals surface area contributed by atoms with Gasteiger partial charge in [-0.3, -0.25) is 14.9 Å². The van der Waals surface area contributed by atoms with Gasteiger partial charge in [0.2, 0.25) is 0 Å². The maximum Gasteiger partial charge on any atom is 0.324 e. The first-order valence-electron chi connectivity index (χ1n) is 5.00. The first kappa shape index (κ1) is 14.4. The second kappa shape index (κ2) is 6.34. The molecule has 0 saturated heterocycles. The summed E-state index contributed by atoms with van der Waals surface area (Å²) in [6.07, 6.45) is -1.11. The Morgan fingerprint density at radius 2 is 2.11 bits per heavy atom. The van der Waals surface area contributed by atoms with Gasteiger partial charge in [0.1, 0.15) is 10.9 Å². The van der Waals surface area contributed by atoms with Crippen LogP contribution in [0.15, 0.2) is 29.2 Å². The van der Waals surface area contributed by atoms with Gasteiger partial charge in [0.05, 0.1) is 11.0 Å². The molecule has 2 atom stereocenters. The van der Waals surface area contributed by atoms with E-state index in [2.05, 4.69) is 4.72 Å². The average molecular weight is 272 g/mol. The number of nitrogens with zero attached hydrogens (tertiary/aromatic N) is 1. The van der Waals surface area contributed by atoms with E-state index in [1.54, 1.807) is 6.07 Å². The Kier molecular flexibility index (Phi) is 5.08. The third-order valence-electron chi connectivity index (χ3n) is 2.11. The van der Waals surface area contributed by atoms with Crippen LogP contribution in [0.3, 0.4) is 0 Å². The molecule has 98 valence electrons. The third kappa shape index (κ3) is 3.69. The molecule has 0 spiro atoms. The lowest BCUT2D eigenvalue weighted by Gasteiger charge is -2.15.